The molecule has 4 nitrogen and oxygen atoms in total. The fraction of sp³-hybridized carbons (Fsp3) is 0.158. The van der Waals surface area contributed by atoms with Crippen LogP contribution in [0.5, 0.6) is 0 Å². The number of pyridine rings is 1. The van der Waals surface area contributed by atoms with Crippen LogP contribution in [0.1, 0.15) is 22.4 Å². The molecule has 1 unspecified atom stereocenters. The summed E-state index contributed by atoms with van der Waals surface area (Å²) < 4.78 is 1.23. The smallest absolute Gasteiger partial charge is 0.128 e. The maximum absolute atomic E-state index is 4.77. The van der Waals surface area contributed by atoms with Crippen LogP contribution >= 0.6 is 11.3 Å². The molecule has 0 radical (unpaired) electrons. The highest BCUT2D eigenvalue weighted by Crippen LogP contribution is 2.28. The van der Waals surface area contributed by atoms with Gasteiger partial charge in [0.2, 0.25) is 0 Å². The minimum Gasteiger partial charge on any atom is -0.261 e. The number of hydrogen-bond donors (Lipinski definition) is 0. The molecule has 24 heavy (non-hydrogen) atoms. The van der Waals surface area contributed by atoms with E-state index in [2.05, 4.69) is 39.2 Å². The van der Waals surface area contributed by atoms with Gasteiger partial charge in [-0.3, -0.25) is 4.98 Å². The summed E-state index contributed by atoms with van der Waals surface area (Å²) >= 11 is 1.75. The van der Waals surface area contributed by atoms with E-state index in [0.717, 1.165) is 34.9 Å². The molecule has 0 saturated carbocycles. The Kier molecular flexibility index (Phi) is 4.25. The first-order chi connectivity index (χ1) is 11.9. The van der Waals surface area contributed by atoms with E-state index < -0.39 is 0 Å². The van der Waals surface area contributed by atoms with Crippen molar-refractivity contribution in [1.29, 1.82) is 0 Å². The van der Waals surface area contributed by atoms with E-state index in [-0.39, 0.29) is 5.92 Å². The largest absolute Gasteiger partial charge is 0.261 e. The summed E-state index contributed by atoms with van der Waals surface area (Å²) in [7, 11) is 0. The van der Waals surface area contributed by atoms with Gasteiger partial charge in [0.05, 0.1) is 15.2 Å². The Morgan fingerprint density at radius 2 is 1.58 bits per heavy atom. The van der Waals surface area contributed by atoms with Crippen molar-refractivity contribution in [1.82, 2.24) is 19.9 Å². The molecule has 0 spiro atoms. The molecule has 1 atom stereocenters. The second kappa shape index (κ2) is 6.84. The van der Waals surface area contributed by atoms with Gasteiger partial charge < -0.3 is 0 Å². The molecule has 0 saturated heterocycles. The van der Waals surface area contributed by atoms with Crippen LogP contribution in [-0.2, 0) is 12.8 Å². The number of rotatable bonds is 5. The number of aromatic nitrogens is 4. The number of nitrogens with zero attached hydrogens (tertiary/aromatic N) is 4. The van der Waals surface area contributed by atoms with Crippen LogP contribution < -0.4 is 0 Å². The van der Waals surface area contributed by atoms with Crippen molar-refractivity contribution in [2.45, 2.75) is 18.8 Å². The lowest BCUT2D eigenvalue weighted by Crippen LogP contribution is -2.10. The highest BCUT2D eigenvalue weighted by Gasteiger charge is 2.18. The number of para-hydroxylation sites is 1. The fourth-order valence-electron chi connectivity index (χ4n) is 2.77. The number of fused-ring (bicyclic) bond motifs is 1. The zero-order chi connectivity index (χ0) is 16.2. The molecule has 3 heterocycles. The molecule has 0 amide bonds. The molecule has 0 aliphatic carbocycles. The minimum atomic E-state index is 0.217. The minimum absolute atomic E-state index is 0.217. The summed E-state index contributed by atoms with van der Waals surface area (Å²) in [5, 5.41) is 1.13. The molecule has 0 N–H and O–H groups in total. The van der Waals surface area contributed by atoms with E-state index in [1.807, 2.05) is 30.5 Å². The van der Waals surface area contributed by atoms with Crippen LogP contribution in [0.3, 0.4) is 0 Å². The first-order valence-electron chi connectivity index (χ1n) is 7.90. The van der Waals surface area contributed by atoms with E-state index in [4.69, 9.17) is 4.98 Å². The second-order valence-corrected chi connectivity index (χ2v) is 6.72. The molecule has 4 aromatic rings. The number of thiazole rings is 1. The van der Waals surface area contributed by atoms with Crippen molar-refractivity contribution in [3.8, 4) is 0 Å². The Hall–Kier alpha value is -2.66. The maximum Gasteiger partial charge on any atom is 0.128 e. The summed E-state index contributed by atoms with van der Waals surface area (Å²) in [5.74, 6) is 1.06. The predicted octanol–water partition coefficient (Wildman–Crippen LogP) is 4.05. The highest BCUT2D eigenvalue weighted by molar-refractivity contribution is 7.18. The standard InChI is InChI=1S/C19H16N4S/c1-2-8-17-16(7-1)23-19(24-17)13-14(15-6-3-4-9-20-15)12-18-21-10-5-11-22-18/h1-11,14H,12-13H2. The Morgan fingerprint density at radius 1 is 0.792 bits per heavy atom. The summed E-state index contributed by atoms with van der Waals surface area (Å²) in [6, 6.07) is 16.1. The lowest BCUT2D eigenvalue weighted by atomic mass is 9.96. The zero-order valence-corrected chi connectivity index (χ0v) is 13.9. The van der Waals surface area contributed by atoms with Crippen LogP contribution in [0.4, 0.5) is 0 Å². The normalized spacial score (nSPS) is 12.3. The van der Waals surface area contributed by atoms with E-state index in [1.54, 1.807) is 23.7 Å². The summed E-state index contributed by atoms with van der Waals surface area (Å²) in [6.07, 6.45) is 7.01. The Balaban J connectivity index is 1.64. The van der Waals surface area contributed by atoms with Crippen molar-refractivity contribution < 1.29 is 0 Å². The molecule has 1 aromatic carbocycles. The third-order valence-corrected chi connectivity index (χ3v) is 4.97. The summed E-state index contributed by atoms with van der Waals surface area (Å²) in [4.78, 5) is 18.1. The van der Waals surface area contributed by atoms with Crippen molar-refractivity contribution in [3.05, 3.63) is 83.6 Å². The monoisotopic (exact) mass is 332 g/mol. The van der Waals surface area contributed by atoms with Gasteiger partial charge in [-0.25, -0.2) is 15.0 Å². The van der Waals surface area contributed by atoms with Crippen LogP contribution in [0.2, 0.25) is 0 Å². The van der Waals surface area contributed by atoms with Gasteiger partial charge in [0.15, 0.2) is 0 Å². The lowest BCUT2D eigenvalue weighted by molar-refractivity contribution is 0.633. The molecule has 5 heteroatoms. The zero-order valence-electron chi connectivity index (χ0n) is 13.0. The van der Waals surface area contributed by atoms with Crippen LogP contribution in [0.15, 0.2) is 67.1 Å². The molecular formula is C19H16N4S. The number of hydrogen-bond acceptors (Lipinski definition) is 5. The molecule has 118 valence electrons. The summed E-state index contributed by atoms with van der Waals surface area (Å²) in [5.41, 5.74) is 2.12. The average Bonchev–Trinajstić information content (AvgIpc) is 3.05. The SMILES string of the molecule is c1ccc(C(Cc2ncccn2)Cc2nc3ccccc3s2)nc1. The summed E-state index contributed by atoms with van der Waals surface area (Å²) in [6.45, 7) is 0. The molecule has 4 rings (SSSR count). The van der Waals surface area contributed by atoms with E-state index in [0.29, 0.717) is 0 Å². The lowest BCUT2D eigenvalue weighted by Gasteiger charge is -2.14. The molecular weight excluding hydrogens is 316 g/mol. The highest BCUT2D eigenvalue weighted by atomic mass is 32.1. The first kappa shape index (κ1) is 14.9. The van der Waals surface area contributed by atoms with Crippen molar-refractivity contribution in [3.63, 3.8) is 0 Å². The maximum atomic E-state index is 4.77. The topological polar surface area (TPSA) is 51.6 Å². The van der Waals surface area contributed by atoms with Crippen LogP contribution in [0, 0.1) is 0 Å². The molecule has 0 aliphatic rings. The van der Waals surface area contributed by atoms with Gasteiger partial charge in [0.1, 0.15) is 5.82 Å². The molecule has 3 aromatic heterocycles. The molecule has 0 fully saturated rings. The van der Waals surface area contributed by atoms with Gasteiger partial charge in [-0.2, -0.15) is 0 Å². The van der Waals surface area contributed by atoms with Gasteiger partial charge in [0, 0.05) is 43.0 Å². The quantitative estimate of drug-likeness (QED) is 0.553. The predicted molar refractivity (Wildman–Crippen MR) is 96.0 cm³/mol. The first-order valence-corrected chi connectivity index (χ1v) is 8.71. The fourth-order valence-corrected chi connectivity index (χ4v) is 3.82. The van der Waals surface area contributed by atoms with Gasteiger partial charge in [-0.15, -0.1) is 11.3 Å². The van der Waals surface area contributed by atoms with E-state index in [9.17, 15) is 0 Å². The van der Waals surface area contributed by atoms with Gasteiger partial charge >= 0.3 is 0 Å². The molecule has 0 aliphatic heterocycles. The van der Waals surface area contributed by atoms with E-state index in [1.165, 1.54) is 4.70 Å². The Labute approximate surface area is 144 Å². The van der Waals surface area contributed by atoms with Gasteiger partial charge in [-0.1, -0.05) is 18.2 Å². The Morgan fingerprint density at radius 3 is 2.38 bits per heavy atom. The van der Waals surface area contributed by atoms with Gasteiger partial charge in [-0.05, 0) is 30.3 Å². The van der Waals surface area contributed by atoms with Crippen LogP contribution in [-0.4, -0.2) is 19.9 Å². The van der Waals surface area contributed by atoms with Crippen LogP contribution in [0.25, 0.3) is 10.2 Å². The third-order valence-electron chi connectivity index (χ3n) is 3.91. The second-order valence-electron chi connectivity index (χ2n) is 5.60. The van der Waals surface area contributed by atoms with Crippen molar-refractivity contribution in [2.24, 2.45) is 0 Å². The van der Waals surface area contributed by atoms with Crippen molar-refractivity contribution >= 4 is 21.6 Å². The average molecular weight is 332 g/mol. The van der Waals surface area contributed by atoms with E-state index >= 15 is 0 Å². The molecule has 0 bridgehead atoms. The van der Waals surface area contributed by atoms with Gasteiger partial charge in [0.25, 0.3) is 0 Å². The van der Waals surface area contributed by atoms with Crippen molar-refractivity contribution in [2.75, 3.05) is 0 Å². The number of benzene rings is 1. The Bertz CT molecular complexity index is 889. The third kappa shape index (κ3) is 3.31.